The molecule has 0 spiro atoms. The second-order valence-corrected chi connectivity index (χ2v) is 8.57. The molecule has 2 amide bonds. The normalized spacial score (nSPS) is 11.1. The monoisotopic (exact) mass is 408 g/mol. The van der Waals surface area contributed by atoms with Crippen LogP contribution in [0.1, 0.15) is 12.5 Å². The first-order chi connectivity index (χ1) is 12.7. The van der Waals surface area contributed by atoms with Gasteiger partial charge in [0.1, 0.15) is 11.5 Å². The highest BCUT2D eigenvalue weighted by molar-refractivity contribution is 7.92. The molecule has 0 heterocycles. The van der Waals surface area contributed by atoms with Gasteiger partial charge in [-0.1, -0.05) is 23.7 Å². The molecule has 0 radical (unpaired) electrons. The van der Waals surface area contributed by atoms with E-state index < -0.39 is 33.2 Å². The van der Waals surface area contributed by atoms with Crippen molar-refractivity contribution in [3.63, 3.8) is 0 Å². The Morgan fingerprint density at radius 2 is 1.74 bits per heavy atom. The van der Waals surface area contributed by atoms with Crippen LogP contribution in [0.25, 0.3) is 0 Å². The molecule has 2 rings (SSSR count). The van der Waals surface area contributed by atoms with Crippen LogP contribution in [-0.2, 0) is 19.4 Å². The molecule has 0 aliphatic heterocycles. The maximum Gasteiger partial charge on any atom is 0.242 e. The van der Waals surface area contributed by atoms with Gasteiger partial charge in [-0.15, -0.1) is 0 Å². The van der Waals surface area contributed by atoms with Crippen LogP contribution in [0.5, 0.6) is 0 Å². The molecule has 2 aromatic carbocycles. The van der Waals surface area contributed by atoms with Crippen LogP contribution in [0.15, 0.2) is 48.5 Å². The minimum absolute atomic E-state index is 0.328. The predicted molar refractivity (Wildman–Crippen MR) is 108 cm³/mol. The number of nitrogens with one attached hydrogen (secondary N) is 1. The number of rotatable bonds is 7. The third-order valence-corrected chi connectivity index (χ3v) is 5.39. The van der Waals surface area contributed by atoms with Gasteiger partial charge in [-0.05, 0) is 55.8 Å². The summed E-state index contributed by atoms with van der Waals surface area (Å²) in [5.74, 6) is -2.78. The largest absolute Gasteiger partial charge is 0.325 e. The minimum Gasteiger partial charge on any atom is -0.325 e. The lowest BCUT2D eigenvalue weighted by molar-refractivity contribution is -0.116. The highest BCUT2D eigenvalue weighted by Crippen LogP contribution is 2.17. The Morgan fingerprint density at radius 1 is 1.07 bits per heavy atom. The first-order valence-electron chi connectivity index (χ1n) is 8.33. The first kappa shape index (κ1) is 20.9. The maximum atomic E-state index is 12.5. The molecule has 0 atom stereocenters. The summed E-state index contributed by atoms with van der Waals surface area (Å²) in [4.78, 5) is 25.9. The number of sulfone groups is 1. The summed E-state index contributed by atoms with van der Waals surface area (Å²) in [5, 5.41) is 2.98. The Morgan fingerprint density at radius 3 is 2.33 bits per heavy atom. The predicted octanol–water partition coefficient (Wildman–Crippen LogP) is 3.05. The van der Waals surface area contributed by atoms with E-state index in [1.165, 1.54) is 4.90 Å². The van der Waals surface area contributed by atoms with Crippen LogP contribution >= 0.6 is 11.6 Å². The highest BCUT2D eigenvalue weighted by atomic mass is 35.5. The Hall–Kier alpha value is -2.38. The second kappa shape index (κ2) is 9.01. The zero-order valence-electron chi connectivity index (χ0n) is 15.1. The molecular formula is C19H21ClN2O4S. The quantitative estimate of drug-likeness (QED) is 0.763. The van der Waals surface area contributed by atoms with Crippen LogP contribution in [-0.4, -0.2) is 38.3 Å². The fourth-order valence-corrected chi connectivity index (χ4v) is 3.78. The third-order valence-electron chi connectivity index (χ3n) is 3.75. The number of anilines is 2. The molecule has 0 fully saturated rings. The molecule has 0 aromatic heterocycles. The standard InChI is InChI=1S/C19H21ClN2O4S/c1-3-22(17-6-4-5-14(2)11-17)19(24)13-27(25,26)12-18(23)21-16-9-7-15(20)8-10-16/h4-11H,3,12-13H2,1-2H3,(H,21,23). The number of benzene rings is 2. The molecule has 0 aliphatic carbocycles. The molecule has 0 saturated carbocycles. The molecule has 1 N–H and O–H groups in total. The molecule has 2 aromatic rings. The van der Waals surface area contributed by atoms with E-state index in [2.05, 4.69) is 5.32 Å². The van der Waals surface area contributed by atoms with Gasteiger partial charge in [0.05, 0.1) is 0 Å². The van der Waals surface area contributed by atoms with Crippen molar-refractivity contribution in [1.82, 2.24) is 0 Å². The zero-order chi connectivity index (χ0) is 20.0. The topological polar surface area (TPSA) is 83.6 Å². The van der Waals surface area contributed by atoms with E-state index in [9.17, 15) is 18.0 Å². The van der Waals surface area contributed by atoms with Crippen molar-refractivity contribution in [2.45, 2.75) is 13.8 Å². The van der Waals surface area contributed by atoms with Crippen LogP contribution in [0, 0.1) is 6.92 Å². The number of hydrogen-bond acceptors (Lipinski definition) is 4. The lowest BCUT2D eigenvalue weighted by Gasteiger charge is -2.21. The summed E-state index contributed by atoms with van der Waals surface area (Å²) in [5.41, 5.74) is 2.02. The number of aryl methyl sites for hydroxylation is 1. The molecule has 27 heavy (non-hydrogen) atoms. The van der Waals surface area contributed by atoms with E-state index >= 15 is 0 Å². The van der Waals surface area contributed by atoms with Gasteiger partial charge in [-0.3, -0.25) is 9.59 Å². The van der Waals surface area contributed by atoms with Crippen LogP contribution < -0.4 is 10.2 Å². The summed E-state index contributed by atoms with van der Waals surface area (Å²) in [6.45, 7) is 3.98. The number of nitrogens with zero attached hydrogens (tertiary/aromatic N) is 1. The van der Waals surface area contributed by atoms with Gasteiger partial charge in [0.2, 0.25) is 11.8 Å². The lowest BCUT2D eigenvalue weighted by Crippen LogP contribution is -2.37. The zero-order valence-corrected chi connectivity index (χ0v) is 16.7. The van der Waals surface area contributed by atoms with Crippen molar-refractivity contribution in [2.75, 3.05) is 28.3 Å². The Balaban J connectivity index is 2.02. The third kappa shape index (κ3) is 6.37. The molecule has 0 saturated heterocycles. The Kier molecular flexibility index (Phi) is 6.98. The molecule has 0 bridgehead atoms. The van der Waals surface area contributed by atoms with Crippen molar-refractivity contribution in [3.8, 4) is 0 Å². The number of halogens is 1. The van der Waals surface area contributed by atoms with Crippen molar-refractivity contribution < 1.29 is 18.0 Å². The minimum atomic E-state index is -3.91. The second-order valence-electron chi connectivity index (χ2n) is 6.06. The molecule has 144 valence electrons. The molecule has 0 unspecified atom stereocenters. The summed E-state index contributed by atoms with van der Waals surface area (Å²) in [6, 6.07) is 13.5. The van der Waals surface area contributed by atoms with Crippen molar-refractivity contribution in [2.24, 2.45) is 0 Å². The molecular weight excluding hydrogens is 388 g/mol. The van der Waals surface area contributed by atoms with Gasteiger partial charge in [0.25, 0.3) is 0 Å². The van der Waals surface area contributed by atoms with E-state index in [1.54, 1.807) is 49.4 Å². The van der Waals surface area contributed by atoms with Crippen molar-refractivity contribution >= 4 is 44.6 Å². The Bertz CT molecular complexity index is 927. The van der Waals surface area contributed by atoms with E-state index in [-0.39, 0.29) is 0 Å². The van der Waals surface area contributed by atoms with Gasteiger partial charge in [0.15, 0.2) is 9.84 Å². The summed E-state index contributed by atoms with van der Waals surface area (Å²) in [6.07, 6.45) is 0. The van der Waals surface area contributed by atoms with E-state index in [0.29, 0.717) is 22.9 Å². The van der Waals surface area contributed by atoms with Crippen molar-refractivity contribution in [1.29, 1.82) is 0 Å². The van der Waals surface area contributed by atoms with Crippen molar-refractivity contribution in [3.05, 3.63) is 59.1 Å². The summed E-state index contributed by atoms with van der Waals surface area (Å²) < 4.78 is 24.6. The maximum absolute atomic E-state index is 12.5. The van der Waals surface area contributed by atoms with Gasteiger partial charge in [0, 0.05) is 22.9 Å². The fraction of sp³-hybridized carbons (Fsp3) is 0.263. The molecule has 8 heteroatoms. The first-order valence-corrected chi connectivity index (χ1v) is 10.5. The molecule has 6 nitrogen and oxygen atoms in total. The summed E-state index contributed by atoms with van der Waals surface area (Å²) in [7, 11) is -3.91. The van der Waals surface area contributed by atoms with E-state index in [0.717, 1.165) is 5.56 Å². The fourth-order valence-electron chi connectivity index (χ4n) is 2.55. The molecule has 0 aliphatic rings. The number of carbonyl (C=O) groups excluding carboxylic acids is 2. The van der Waals surface area contributed by atoms with Gasteiger partial charge < -0.3 is 10.2 Å². The Labute approximate surface area is 164 Å². The van der Waals surface area contributed by atoms with Gasteiger partial charge in [-0.25, -0.2) is 8.42 Å². The van der Waals surface area contributed by atoms with Gasteiger partial charge in [-0.2, -0.15) is 0 Å². The van der Waals surface area contributed by atoms with Crippen LogP contribution in [0.3, 0.4) is 0 Å². The average molecular weight is 409 g/mol. The van der Waals surface area contributed by atoms with Crippen LogP contribution in [0.2, 0.25) is 5.02 Å². The SMILES string of the molecule is CCN(C(=O)CS(=O)(=O)CC(=O)Nc1ccc(Cl)cc1)c1cccc(C)c1. The summed E-state index contributed by atoms with van der Waals surface area (Å²) >= 11 is 5.76. The van der Waals surface area contributed by atoms with E-state index in [1.807, 2.05) is 13.0 Å². The number of amides is 2. The van der Waals surface area contributed by atoms with Crippen LogP contribution in [0.4, 0.5) is 11.4 Å². The lowest BCUT2D eigenvalue weighted by atomic mass is 10.2. The van der Waals surface area contributed by atoms with Gasteiger partial charge >= 0.3 is 0 Å². The van der Waals surface area contributed by atoms with E-state index in [4.69, 9.17) is 11.6 Å². The smallest absolute Gasteiger partial charge is 0.242 e. The highest BCUT2D eigenvalue weighted by Gasteiger charge is 2.24. The number of carbonyl (C=O) groups is 2. The average Bonchev–Trinajstić information content (AvgIpc) is 2.56. The number of hydrogen-bond donors (Lipinski definition) is 1.